The van der Waals surface area contributed by atoms with Crippen LogP contribution in [0.1, 0.15) is 12.5 Å². The number of methoxy groups -OCH3 is 1. The van der Waals surface area contributed by atoms with Crippen LogP contribution >= 0.6 is 0 Å². The highest BCUT2D eigenvalue weighted by Crippen LogP contribution is 2.34. The zero-order valence-electron chi connectivity index (χ0n) is 15.2. The molecule has 0 fully saturated rings. The molecule has 0 atom stereocenters. The SMILES string of the molecule is CCOc1cccc(/C=C(\C#N)C(=O)Nc2ccc(OC)cc2)c1OC(F)F. The van der Waals surface area contributed by atoms with E-state index >= 15 is 0 Å². The Labute approximate surface area is 160 Å². The van der Waals surface area contributed by atoms with Crippen LogP contribution in [0.15, 0.2) is 48.0 Å². The predicted molar refractivity (Wildman–Crippen MR) is 99.5 cm³/mol. The van der Waals surface area contributed by atoms with Crippen molar-refractivity contribution in [3.8, 4) is 23.3 Å². The zero-order valence-corrected chi connectivity index (χ0v) is 15.2. The quantitative estimate of drug-likeness (QED) is 0.540. The smallest absolute Gasteiger partial charge is 0.387 e. The molecule has 0 saturated heterocycles. The first kappa shape index (κ1) is 20.7. The van der Waals surface area contributed by atoms with Gasteiger partial charge < -0.3 is 19.5 Å². The Balaban J connectivity index is 2.33. The van der Waals surface area contributed by atoms with Gasteiger partial charge in [-0.2, -0.15) is 14.0 Å². The molecular weight excluding hydrogens is 370 g/mol. The van der Waals surface area contributed by atoms with Crippen LogP contribution in [-0.4, -0.2) is 26.2 Å². The molecule has 2 aromatic rings. The standard InChI is InChI=1S/C20H18F2N2O4/c1-3-27-17-6-4-5-13(18(17)28-20(21)22)11-14(12-23)19(25)24-15-7-9-16(26-2)10-8-15/h4-11,20H,3H2,1-2H3,(H,24,25)/b14-11+. The van der Waals surface area contributed by atoms with Crippen LogP contribution in [0.3, 0.4) is 0 Å². The molecule has 0 aliphatic heterocycles. The van der Waals surface area contributed by atoms with Crippen LogP contribution in [0, 0.1) is 11.3 Å². The second kappa shape index (κ2) is 9.92. The number of nitrogens with zero attached hydrogens (tertiary/aromatic N) is 1. The molecule has 0 radical (unpaired) electrons. The third-order valence-corrected chi connectivity index (χ3v) is 3.53. The third-order valence-electron chi connectivity index (χ3n) is 3.53. The number of para-hydroxylation sites is 1. The van der Waals surface area contributed by atoms with Gasteiger partial charge in [-0.3, -0.25) is 4.79 Å². The lowest BCUT2D eigenvalue weighted by molar-refractivity contribution is -0.112. The molecule has 0 heterocycles. The van der Waals surface area contributed by atoms with E-state index in [2.05, 4.69) is 10.1 Å². The average Bonchev–Trinajstić information content (AvgIpc) is 2.68. The monoisotopic (exact) mass is 388 g/mol. The number of nitriles is 1. The van der Waals surface area contributed by atoms with Crippen molar-refractivity contribution in [3.05, 3.63) is 53.6 Å². The molecule has 2 aromatic carbocycles. The van der Waals surface area contributed by atoms with E-state index in [1.807, 2.05) is 0 Å². The Morgan fingerprint density at radius 2 is 1.96 bits per heavy atom. The van der Waals surface area contributed by atoms with Gasteiger partial charge in [-0.1, -0.05) is 12.1 Å². The van der Waals surface area contributed by atoms with Gasteiger partial charge in [0, 0.05) is 11.3 Å². The number of anilines is 1. The summed E-state index contributed by atoms with van der Waals surface area (Å²) in [5.74, 6) is -0.248. The number of amides is 1. The number of alkyl halides is 2. The lowest BCUT2D eigenvalue weighted by atomic mass is 10.1. The van der Waals surface area contributed by atoms with Gasteiger partial charge in [-0.15, -0.1) is 0 Å². The largest absolute Gasteiger partial charge is 0.497 e. The molecule has 1 amide bonds. The average molecular weight is 388 g/mol. The van der Waals surface area contributed by atoms with E-state index in [4.69, 9.17) is 9.47 Å². The Morgan fingerprint density at radius 1 is 1.25 bits per heavy atom. The van der Waals surface area contributed by atoms with E-state index in [1.165, 1.54) is 25.3 Å². The van der Waals surface area contributed by atoms with E-state index in [0.717, 1.165) is 0 Å². The molecular formula is C20H18F2N2O4. The Hall–Kier alpha value is -3.60. The normalized spacial score (nSPS) is 10.9. The molecule has 2 rings (SSSR count). The molecule has 146 valence electrons. The molecule has 0 aliphatic carbocycles. The Kier molecular flexibility index (Phi) is 7.34. The first-order valence-corrected chi connectivity index (χ1v) is 8.26. The first-order chi connectivity index (χ1) is 13.5. The van der Waals surface area contributed by atoms with E-state index in [1.54, 1.807) is 43.3 Å². The molecule has 0 spiro atoms. The number of hydrogen-bond acceptors (Lipinski definition) is 5. The minimum absolute atomic E-state index is 0.0874. The summed E-state index contributed by atoms with van der Waals surface area (Å²) in [5, 5.41) is 11.9. The fourth-order valence-electron chi connectivity index (χ4n) is 2.31. The maximum absolute atomic E-state index is 12.8. The summed E-state index contributed by atoms with van der Waals surface area (Å²) < 4.78 is 40.5. The van der Waals surface area contributed by atoms with Crippen LogP contribution in [0.25, 0.3) is 6.08 Å². The van der Waals surface area contributed by atoms with Gasteiger partial charge in [0.15, 0.2) is 11.5 Å². The lowest BCUT2D eigenvalue weighted by Crippen LogP contribution is -2.13. The number of rotatable bonds is 8. The lowest BCUT2D eigenvalue weighted by Gasteiger charge is -2.14. The van der Waals surface area contributed by atoms with Crippen LogP contribution < -0.4 is 19.5 Å². The molecule has 0 aromatic heterocycles. The van der Waals surface area contributed by atoms with Gasteiger partial charge >= 0.3 is 6.61 Å². The topological polar surface area (TPSA) is 80.6 Å². The summed E-state index contributed by atoms with van der Waals surface area (Å²) >= 11 is 0. The fraction of sp³-hybridized carbons (Fsp3) is 0.200. The van der Waals surface area contributed by atoms with Crippen molar-refractivity contribution in [2.24, 2.45) is 0 Å². The second-order valence-electron chi connectivity index (χ2n) is 5.34. The summed E-state index contributed by atoms with van der Waals surface area (Å²) in [6.45, 7) is -1.17. The molecule has 8 heteroatoms. The van der Waals surface area contributed by atoms with Crippen LogP contribution in [-0.2, 0) is 4.79 Å². The van der Waals surface area contributed by atoms with Crippen molar-refractivity contribution in [2.45, 2.75) is 13.5 Å². The van der Waals surface area contributed by atoms with Gasteiger partial charge in [-0.25, -0.2) is 0 Å². The number of nitrogens with one attached hydrogen (secondary N) is 1. The van der Waals surface area contributed by atoms with Gasteiger partial charge in [-0.05, 0) is 43.3 Å². The number of carbonyl (C=O) groups is 1. The van der Waals surface area contributed by atoms with Crippen molar-refractivity contribution in [1.82, 2.24) is 0 Å². The highest BCUT2D eigenvalue weighted by Gasteiger charge is 2.17. The maximum Gasteiger partial charge on any atom is 0.387 e. The molecule has 0 aliphatic rings. The second-order valence-corrected chi connectivity index (χ2v) is 5.34. The van der Waals surface area contributed by atoms with E-state index in [-0.39, 0.29) is 29.2 Å². The highest BCUT2D eigenvalue weighted by molar-refractivity contribution is 6.09. The van der Waals surface area contributed by atoms with E-state index in [0.29, 0.717) is 11.4 Å². The first-order valence-electron chi connectivity index (χ1n) is 8.26. The summed E-state index contributed by atoms with van der Waals surface area (Å²) in [4.78, 5) is 12.4. The molecule has 6 nitrogen and oxygen atoms in total. The number of carbonyl (C=O) groups excluding carboxylic acids is 1. The number of hydrogen-bond donors (Lipinski definition) is 1. The highest BCUT2D eigenvalue weighted by atomic mass is 19.3. The molecule has 0 unspecified atom stereocenters. The fourth-order valence-corrected chi connectivity index (χ4v) is 2.31. The molecule has 1 N–H and O–H groups in total. The van der Waals surface area contributed by atoms with Gasteiger partial charge in [0.1, 0.15) is 17.4 Å². The summed E-state index contributed by atoms with van der Waals surface area (Å²) in [6.07, 6.45) is 1.17. The Morgan fingerprint density at radius 3 is 2.54 bits per heavy atom. The van der Waals surface area contributed by atoms with Crippen molar-refractivity contribution < 1.29 is 27.8 Å². The molecule has 28 heavy (non-hydrogen) atoms. The minimum Gasteiger partial charge on any atom is -0.497 e. The van der Waals surface area contributed by atoms with Crippen LogP contribution in [0.4, 0.5) is 14.5 Å². The van der Waals surface area contributed by atoms with Gasteiger partial charge in [0.05, 0.1) is 13.7 Å². The number of halogens is 2. The minimum atomic E-state index is -3.09. The molecule has 0 bridgehead atoms. The van der Waals surface area contributed by atoms with E-state index in [9.17, 15) is 18.8 Å². The zero-order chi connectivity index (χ0) is 20.5. The van der Waals surface area contributed by atoms with Crippen molar-refractivity contribution >= 4 is 17.7 Å². The van der Waals surface area contributed by atoms with Crippen molar-refractivity contribution in [3.63, 3.8) is 0 Å². The summed E-state index contributed by atoms with van der Waals surface area (Å²) in [6, 6.07) is 12.7. The maximum atomic E-state index is 12.8. The number of ether oxygens (including phenoxy) is 3. The number of benzene rings is 2. The van der Waals surface area contributed by atoms with Crippen LogP contribution in [0.5, 0.6) is 17.2 Å². The van der Waals surface area contributed by atoms with E-state index < -0.39 is 12.5 Å². The van der Waals surface area contributed by atoms with Crippen molar-refractivity contribution in [2.75, 3.05) is 19.0 Å². The van der Waals surface area contributed by atoms with Gasteiger partial charge in [0.25, 0.3) is 5.91 Å². The van der Waals surface area contributed by atoms with Gasteiger partial charge in [0.2, 0.25) is 0 Å². The summed E-state index contributed by atoms with van der Waals surface area (Å²) in [7, 11) is 1.51. The molecule has 0 saturated carbocycles. The predicted octanol–water partition coefficient (Wildman–Crippen LogP) is 4.24. The third kappa shape index (κ3) is 5.45. The summed E-state index contributed by atoms with van der Waals surface area (Å²) in [5.41, 5.74) is 0.273. The Bertz CT molecular complexity index is 890. The van der Waals surface area contributed by atoms with Crippen LogP contribution in [0.2, 0.25) is 0 Å². The van der Waals surface area contributed by atoms with Crippen molar-refractivity contribution in [1.29, 1.82) is 5.26 Å².